The molecule has 0 amide bonds. The average molecular weight is 478 g/mol. The van der Waals surface area contributed by atoms with Gasteiger partial charge in [-0.1, -0.05) is 48.5 Å². The van der Waals surface area contributed by atoms with E-state index in [9.17, 15) is 13.5 Å². The number of nitrogens with zero attached hydrogens (tertiary/aromatic N) is 3. The highest BCUT2D eigenvalue weighted by molar-refractivity contribution is 7.89. The van der Waals surface area contributed by atoms with Crippen LogP contribution in [0.5, 0.6) is 0 Å². The van der Waals surface area contributed by atoms with Crippen LogP contribution >= 0.6 is 0 Å². The molecule has 3 atom stereocenters. The van der Waals surface area contributed by atoms with Crippen molar-refractivity contribution in [1.29, 1.82) is 0 Å². The summed E-state index contributed by atoms with van der Waals surface area (Å²) in [7, 11) is -3.59. The zero-order valence-electron chi connectivity index (χ0n) is 19.4. The molecular weight excluding hydrogens is 446 g/mol. The van der Waals surface area contributed by atoms with E-state index < -0.39 is 10.0 Å². The Morgan fingerprint density at radius 1 is 0.971 bits per heavy atom. The molecule has 3 heterocycles. The van der Waals surface area contributed by atoms with Crippen molar-refractivity contribution in [2.45, 2.75) is 42.7 Å². The quantitative estimate of drug-likeness (QED) is 0.607. The highest BCUT2D eigenvalue weighted by Gasteiger charge is 2.50. The largest absolute Gasteiger partial charge is 0.395 e. The molecule has 7 heteroatoms. The van der Waals surface area contributed by atoms with Crippen molar-refractivity contribution in [3.8, 4) is 11.1 Å². The second kappa shape index (κ2) is 9.58. The Morgan fingerprint density at radius 3 is 2.44 bits per heavy atom. The zero-order valence-corrected chi connectivity index (χ0v) is 20.2. The zero-order chi connectivity index (χ0) is 23.7. The predicted molar refractivity (Wildman–Crippen MR) is 133 cm³/mol. The molecule has 0 bridgehead atoms. The Hall–Kier alpha value is -2.58. The van der Waals surface area contributed by atoms with Gasteiger partial charge in [-0.2, -0.15) is 4.31 Å². The van der Waals surface area contributed by atoms with Crippen LogP contribution in [0.4, 0.5) is 0 Å². The number of fused-ring (bicyclic) bond motifs is 1. The van der Waals surface area contributed by atoms with E-state index >= 15 is 0 Å². The molecule has 0 saturated carbocycles. The van der Waals surface area contributed by atoms with Crippen molar-refractivity contribution in [3.05, 3.63) is 84.2 Å². The van der Waals surface area contributed by atoms with Crippen molar-refractivity contribution >= 4 is 10.0 Å². The minimum atomic E-state index is -3.59. The molecule has 0 spiro atoms. The van der Waals surface area contributed by atoms with Crippen LogP contribution in [0.3, 0.4) is 0 Å². The number of pyridine rings is 1. The van der Waals surface area contributed by atoms with Crippen molar-refractivity contribution in [2.24, 2.45) is 0 Å². The Kier molecular flexibility index (Phi) is 6.53. The summed E-state index contributed by atoms with van der Waals surface area (Å²) in [5.74, 6) is 0.0839. The molecule has 178 valence electrons. The smallest absolute Gasteiger partial charge is 0.243 e. The van der Waals surface area contributed by atoms with E-state index in [1.54, 1.807) is 22.6 Å². The second-order valence-electron chi connectivity index (χ2n) is 9.28. The summed E-state index contributed by atoms with van der Waals surface area (Å²) in [6.07, 6.45) is 5.34. The SMILES string of the molecule is Cc1ccccc1S(=O)(=O)N1CCCCN2[C@H](C1)[C@@H](c1ccc(-c3cccnc3)cc1)[C@@H]2CO. The third-order valence-corrected chi connectivity index (χ3v) is 9.36. The van der Waals surface area contributed by atoms with Gasteiger partial charge in [0, 0.05) is 43.5 Å². The lowest BCUT2D eigenvalue weighted by Crippen LogP contribution is -2.67. The molecule has 34 heavy (non-hydrogen) atoms. The number of sulfonamides is 1. The van der Waals surface area contributed by atoms with Crippen LogP contribution in [0.15, 0.2) is 78.0 Å². The first kappa shape index (κ1) is 23.2. The van der Waals surface area contributed by atoms with Crippen LogP contribution in [0.2, 0.25) is 0 Å². The summed E-state index contributed by atoms with van der Waals surface area (Å²) in [6, 6.07) is 19.6. The first-order chi connectivity index (χ1) is 16.5. The van der Waals surface area contributed by atoms with Crippen molar-refractivity contribution < 1.29 is 13.5 Å². The molecule has 3 aromatic rings. The van der Waals surface area contributed by atoms with E-state index in [1.807, 2.05) is 37.4 Å². The molecule has 1 N–H and O–H groups in total. The topological polar surface area (TPSA) is 73.7 Å². The number of aliphatic hydroxyl groups excluding tert-OH is 1. The molecule has 0 radical (unpaired) electrons. The fraction of sp³-hybridized carbons (Fsp3) is 0.370. The lowest BCUT2D eigenvalue weighted by atomic mass is 9.74. The van der Waals surface area contributed by atoms with E-state index in [0.717, 1.165) is 41.6 Å². The van der Waals surface area contributed by atoms with Crippen LogP contribution in [0, 0.1) is 6.92 Å². The maximum Gasteiger partial charge on any atom is 0.243 e. The lowest BCUT2D eigenvalue weighted by Gasteiger charge is -2.57. The summed E-state index contributed by atoms with van der Waals surface area (Å²) in [5, 5.41) is 10.2. The molecule has 1 aromatic heterocycles. The monoisotopic (exact) mass is 477 g/mol. The summed E-state index contributed by atoms with van der Waals surface area (Å²) in [5.41, 5.74) is 4.06. The van der Waals surface area contributed by atoms with Gasteiger partial charge in [0.05, 0.1) is 11.5 Å². The van der Waals surface area contributed by atoms with Gasteiger partial charge in [0.1, 0.15) is 0 Å². The Morgan fingerprint density at radius 2 is 1.74 bits per heavy atom. The van der Waals surface area contributed by atoms with Gasteiger partial charge in [0.15, 0.2) is 0 Å². The predicted octanol–water partition coefficient (Wildman–Crippen LogP) is 3.67. The molecule has 5 rings (SSSR count). The van der Waals surface area contributed by atoms with E-state index in [1.165, 1.54) is 0 Å². The molecule has 0 unspecified atom stereocenters. The number of hydrogen-bond acceptors (Lipinski definition) is 5. The van der Waals surface area contributed by atoms with Gasteiger partial charge >= 0.3 is 0 Å². The molecular formula is C27H31N3O3S. The van der Waals surface area contributed by atoms with Crippen LogP contribution in [0.25, 0.3) is 11.1 Å². The van der Waals surface area contributed by atoms with Gasteiger partial charge in [-0.3, -0.25) is 9.88 Å². The molecule has 2 aromatic carbocycles. The van der Waals surface area contributed by atoms with Crippen LogP contribution in [-0.2, 0) is 10.0 Å². The fourth-order valence-corrected chi connectivity index (χ4v) is 7.27. The van der Waals surface area contributed by atoms with Gasteiger partial charge in [0.25, 0.3) is 0 Å². The van der Waals surface area contributed by atoms with Crippen LogP contribution < -0.4 is 0 Å². The number of aryl methyl sites for hydroxylation is 1. The molecule has 2 aliphatic heterocycles. The summed E-state index contributed by atoms with van der Waals surface area (Å²) >= 11 is 0. The molecule has 2 aliphatic rings. The molecule has 0 aliphatic carbocycles. The average Bonchev–Trinajstić information content (AvgIpc) is 2.84. The summed E-state index contributed by atoms with van der Waals surface area (Å²) < 4.78 is 28.9. The Bertz CT molecular complexity index is 1230. The Balaban J connectivity index is 1.44. The minimum absolute atomic E-state index is 0.00959. The van der Waals surface area contributed by atoms with Gasteiger partial charge in [-0.25, -0.2) is 8.42 Å². The maximum absolute atomic E-state index is 13.6. The Labute approximate surface area is 201 Å². The number of aliphatic hydroxyl groups is 1. The normalized spacial score (nSPS) is 24.0. The third kappa shape index (κ3) is 4.18. The maximum atomic E-state index is 13.6. The highest BCUT2D eigenvalue weighted by atomic mass is 32.2. The number of hydrogen-bond donors (Lipinski definition) is 1. The van der Waals surface area contributed by atoms with Gasteiger partial charge in [-0.15, -0.1) is 0 Å². The highest BCUT2D eigenvalue weighted by Crippen LogP contribution is 2.43. The summed E-state index contributed by atoms with van der Waals surface area (Å²) in [6.45, 7) is 3.76. The number of rotatable bonds is 5. The van der Waals surface area contributed by atoms with Gasteiger partial charge in [-0.05, 0) is 60.7 Å². The summed E-state index contributed by atoms with van der Waals surface area (Å²) in [4.78, 5) is 6.90. The second-order valence-corrected chi connectivity index (χ2v) is 11.2. The van der Waals surface area contributed by atoms with Crippen LogP contribution in [-0.4, -0.2) is 66.0 Å². The minimum Gasteiger partial charge on any atom is -0.395 e. The van der Waals surface area contributed by atoms with Crippen molar-refractivity contribution in [1.82, 2.24) is 14.2 Å². The van der Waals surface area contributed by atoms with E-state index in [-0.39, 0.29) is 24.6 Å². The molecule has 6 nitrogen and oxygen atoms in total. The van der Waals surface area contributed by atoms with E-state index in [2.05, 4.69) is 34.1 Å². The van der Waals surface area contributed by atoms with E-state index in [0.29, 0.717) is 18.0 Å². The fourth-order valence-electron chi connectivity index (χ4n) is 5.54. The first-order valence-corrected chi connectivity index (χ1v) is 13.4. The standard InChI is InChI=1S/C27H31N3O3S/c1-20-7-2-3-9-26(20)34(32,33)29-15-4-5-16-30-24(18-29)27(25(30)19-31)22-12-10-21(11-13-22)23-8-6-14-28-17-23/h2-3,6-14,17,24-25,27,31H,4-5,15-16,18-19H2,1H3/t24-,25+,27-/m1/s1. The van der Waals surface area contributed by atoms with Crippen LogP contribution in [0.1, 0.15) is 29.9 Å². The molecule has 2 saturated heterocycles. The number of benzene rings is 2. The molecule has 2 fully saturated rings. The van der Waals surface area contributed by atoms with Gasteiger partial charge in [0.2, 0.25) is 10.0 Å². The lowest BCUT2D eigenvalue weighted by molar-refractivity contribution is -0.0553. The van der Waals surface area contributed by atoms with Crippen molar-refractivity contribution in [2.75, 3.05) is 26.2 Å². The third-order valence-electron chi connectivity index (χ3n) is 7.33. The van der Waals surface area contributed by atoms with Crippen molar-refractivity contribution in [3.63, 3.8) is 0 Å². The first-order valence-electron chi connectivity index (χ1n) is 11.9. The van der Waals surface area contributed by atoms with E-state index in [4.69, 9.17) is 0 Å². The number of aromatic nitrogens is 1. The van der Waals surface area contributed by atoms with Gasteiger partial charge < -0.3 is 5.11 Å².